The van der Waals surface area contributed by atoms with Gasteiger partial charge < -0.3 is 10.7 Å². The van der Waals surface area contributed by atoms with Gasteiger partial charge in [0.2, 0.25) is 5.95 Å². The number of hydrogen-bond donors (Lipinski definition) is 3. The summed E-state index contributed by atoms with van der Waals surface area (Å²) in [5.74, 6) is 0.335. The van der Waals surface area contributed by atoms with Gasteiger partial charge in [0.05, 0.1) is 15.7 Å². The van der Waals surface area contributed by atoms with Gasteiger partial charge in [-0.25, -0.2) is 4.98 Å². The Hall–Kier alpha value is -2.63. The van der Waals surface area contributed by atoms with Crippen LogP contribution in [-0.2, 0) is 13.0 Å². The van der Waals surface area contributed by atoms with Crippen molar-refractivity contribution in [2.75, 3.05) is 5.32 Å². The number of unbranched alkanes of at least 4 members (excludes halogenated alkanes) is 2. The molecule has 3 N–H and O–H groups in total. The number of rotatable bonds is 10. The molecule has 174 valence electrons. The van der Waals surface area contributed by atoms with Gasteiger partial charge >= 0.3 is 0 Å². The molecule has 0 bridgehead atoms. The number of benzene rings is 1. The lowest BCUT2D eigenvalue weighted by atomic mass is 10.0. The third-order valence-electron chi connectivity index (χ3n) is 5.56. The molecule has 0 unspecified atom stereocenters. The number of allylic oxidation sites excluding steroid dienone is 6. The number of aromatic amines is 1. The van der Waals surface area contributed by atoms with Gasteiger partial charge in [-0.05, 0) is 62.6 Å². The normalized spacial score (nSPS) is 17.2. The first-order valence-corrected chi connectivity index (χ1v) is 12.2. The van der Waals surface area contributed by atoms with Crippen molar-refractivity contribution in [3.05, 3.63) is 91.4 Å². The maximum Gasteiger partial charge on any atom is 0.256 e. The molecule has 5 nitrogen and oxygen atoms in total. The van der Waals surface area contributed by atoms with E-state index in [1.54, 1.807) is 12.1 Å². The minimum Gasteiger partial charge on any atom is -0.352 e. The second-order valence-corrected chi connectivity index (χ2v) is 8.90. The minimum atomic E-state index is -0.200. The molecule has 0 saturated carbocycles. The molecule has 3 rings (SSSR count). The molecular formula is C26H30Cl2N4O. The second-order valence-electron chi connectivity index (χ2n) is 8.08. The fourth-order valence-electron chi connectivity index (χ4n) is 3.73. The lowest BCUT2D eigenvalue weighted by Crippen LogP contribution is -2.20. The predicted molar refractivity (Wildman–Crippen MR) is 139 cm³/mol. The van der Waals surface area contributed by atoms with Crippen LogP contribution in [0.2, 0.25) is 10.0 Å². The summed E-state index contributed by atoms with van der Waals surface area (Å²) in [7, 11) is 0. The highest BCUT2D eigenvalue weighted by atomic mass is 35.5. The number of nitrogens with one attached hydrogen (secondary N) is 3. The molecule has 0 atom stereocenters. The van der Waals surface area contributed by atoms with Crippen LogP contribution in [-0.4, -0.2) is 16.2 Å². The summed E-state index contributed by atoms with van der Waals surface area (Å²) in [6, 6.07) is 5.35. The molecule has 1 aromatic carbocycles. The summed E-state index contributed by atoms with van der Waals surface area (Å²) < 4.78 is 0. The second kappa shape index (κ2) is 13.2. The Balaban J connectivity index is 1.52. The fraction of sp³-hybridized carbons (Fsp3) is 0.346. The van der Waals surface area contributed by atoms with Crippen molar-refractivity contribution in [1.82, 2.24) is 9.97 Å². The number of aromatic nitrogens is 2. The van der Waals surface area contributed by atoms with Gasteiger partial charge in [0, 0.05) is 18.3 Å². The Labute approximate surface area is 205 Å². The van der Waals surface area contributed by atoms with Crippen LogP contribution in [0.5, 0.6) is 0 Å². The Morgan fingerprint density at radius 1 is 1.09 bits per heavy atom. The molecule has 0 aliphatic heterocycles. The summed E-state index contributed by atoms with van der Waals surface area (Å²) in [6.07, 6.45) is 20.3. The van der Waals surface area contributed by atoms with E-state index in [4.69, 9.17) is 28.6 Å². The third-order valence-corrected chi connectivity index (χ3v) is 6.30. The molecule has 7 heteroatoms. The lowest BCUT2D eigenvalue weighted by molar-refractivity contribution is 0.673. The molecule has 0 radical (unpaired) electrons. The maximum atomic E-state index is 12.6. The van der Waals surface area contributed by atoms with Crippen molar-refractivity contribution in [1.29, 1.82) is 5.41 Å². The molecule has 1 heterocycles. The summed E-state index contributed by atoms with van der Waals surface area (Å²) in [4.78, 5) is 19.8. The summed E-state index contributed by atoms with van der Waals surface area (Å²) in [5, 5.41) is 11.8. The Morgan fingerprint density at radius 3 is 2.76 bits per heavy atom. The summed E-state index contributed by atoms with van der Waals surface area (Å²) >= 11 is 12.0. The van der Waals surface area contributed by atoms with Crippen LogP contribution in [0.3, 0.4) is 0 Å². The third kappa shape index (κ3) is 8.02. The van der Waals surface area contributed by atoms with Crippen LogP contribution >= 0.6 is 23.2 Å². The highest BCUT2D eigenvalue weighted by molar-refractivity contribution is 6.42. The molecule has 0 amide bonds. The van der Waals surface area contributed by atoms with Crippen LogP contribution in [0, 0.1) is 5.41 Å². The quantitative estimate of drug-likeness (QED) is 0.250. The van der Waals surface area contributed by atoms with Gasteiger partial charge in [0.15, 0.2) is 0 Å². The lowest BCUT2D eigenvalue weighted by Gasteiger charge is -2.10. The van der Waals surface area contributed by atoms with E-state index in [9.17, 15) is 4.79 Å². The van der Waals surface area contributed by atoms with Crippen LogP contribution < -0.4 is 10.9 Å². The van der Waals surface area contributed by atoms with Gasteiger partial charge in [-0.15, -0.1) is 0 Å². The molecule has 33 heavy (non-hydrogen) atoms. The van der Waals surface area contributed by atoms with Gasteiger partial charge in [-0.3, -0.25) is 9.78 Å². The van der Waals surface area contributed by atoms with E-state index < -0.39 is 0 Å². The Kier molecular flexibility index (Phi) is 9.98. The van der Waals surface area contributed by atoms with Crippen molar-refractivity contribution >= 4 is 35.4 Å². The molecular weight excluding hydrogens is 455 g/mol. The van der Waals surface area contributed by atoms with Gasteiger partial charge in [-0.1, -0.05) is 71.6 Å². The van der Waals surface area contributed by atoms with Crippen molar-refractivity contribution in [3.8, 4) is 0 Å². The molecule has 1 aliphatic rings. The van der Waals surface area contributed by atoms with Crippen molar-refractivity contribution in [3.63, 3.8) is 0 Å². The average Bonchev–Trinajstić information content (AvgIpc) is 2.94. The highest BCUT2D eigenvalue weighted by Gasteiger charge is 2.10. The van der Waals surface area contributed by atoms with Crippen LogP contribution in [0.15, 0.2) is 58.9 Å². The Morgan fingerprint density at radius 2 is 1.94 bits per heavy atom. The monoisotopic (exact) mass is 484 g/mol. The first kappa shape index (κ1) is 25.0. The van der Waals surface area contributed by atoms with E-state index in [2.05, 4.69) is 45.7 Å². The first-order valence-electron chi connectivity index (χ1n) is 11.4. The maximum absolute atomic E-state index is 12.6. The Bertz CT molecular complexity index is 1100. The number of nitrogens with zero attached hydrogens (tertiary/aromatic N) is 1. The highest BCUT2D eigenvalue weighted by Crippen LogP contribution is 2.23. The molecule has 0 spiro atoms. The van der Waals surface area contributed by atoms with Crippen LogP contribution in [0.25, 0.3) is 0 Å². The molecule has 1 aromatic heterocycles. The summed E-state index contributed by atoms with van der Waals surface area (Å²) in [6.45, 7) is 0.427. The zero-order valence-corrected chi connectivity index (χ0v) is 20.2. The average molecular weight is 485 g/mol. The number of H-pyrrole nitrogens is 1. The minimum absolute atomic E-state index is 0.200. The van der Waals surface area contributed by atoms with Crippen LogP contribution in [0.1, 0.15) is 61.8 Å². The van der Waals surface area contributed by atoms with E-state index >= 15 is 0 Å². The van der Waals surface area contributed by atoms with Gasteiger partial charge in [0.1, 0.15) is 0 Å². The zero-order valence-electron chi connectivity index (χ0n) is 18.7. The topological polar surface area (TPSA) is 81.6 Å². The van der Waals surface area contributed by atoms with E-state index in [0.717, 1.165) is 50.3 Å². The van der Waals surface area contributed by atoms with E-state index in [1.807, 2.05) is 6.07 Å². The molecule has 1 aliphatic carbocycles. The van der Waals surface area contributed by atoms with E-state index in [0.29, 0.717) is 40.2 Å². The van der Waals surface area contributed by atoms with Gasteiger partial charge in [0.25, 0.3) is 5.56 Å². The van der Waals surface area contributed by atoms with Crippen molar-refractivity contribution < 1.29 is 0 Å². The zero-order chi connectivity index (χ0) is 23.5. The molecule has 0 saturated heterocycles. The fourth-order valence-corrected chi connectivity index (χ4v) is 4.05. The number of halogens is 2. The predicted octanol–water partition coefficient (Wildman–Crippen LogP) is 7.01. The number of anilines is 1. The smallest absolute Gasteiger partial charge is 0.256 e. The standard InChI is InChI=1S/C26H30Cl2N4O/c27-22-15-14-20(16-23(22)28)18-30-26-31-24(17-29)21(25(33)32-26)13-9-5-8-12-19-10-6-3-1-2-4-7-11-19/h1,3,6,10-11,14-17,29H,2,4-5,7-9,12-13,18H2,(H2,30,31,32,33)/b3-1+,10-6-,19-11+,29-17?. The SMILES string of the molecule is N=Cc1nc(NCc2ccc(Cl)c(Cl)c2)[nH]c(=O)c1CCCCCC1=C/CCC/C=C/C=C\1. The van der Waals surface area contributed by atoms with Crippen LogP contribution in [0.4, 0.5) is 5.95 Å². The van der Waals surface area contributed by atoms with E-state index in [1.165, 1.54) is 12.0 Å². The molecule has 0 fully saturated rings. The largest absolute Gasteiger partial charge is 0.352 e. The number of hydrogen-bond acceptors (Lipinski definition) is 4. The van der Waals surface area contributed by atoms with Gasteiger partial charge in [-0.2, -0.15) is 0 Å². The summed E-state index contributed by atoms with van der Waals surface area (Å²) in [5.41, 5.74) is 3.07. The van der Waals surface area contributed by atoms with Crippen molar-refractivity contribution in [2.24, 2.45) is 0 Å². The molecule has 2 aromatic rings. The first-order chi connectivity index (χ1) is 16.1. The van der Waals surface area contributed by atoms with Crippen molar-refractivity contribution in [2.45, 2.75) is 57.9 Å². The van der Waals surface area contributed by atoms with E-state index in [-0.39, 0.29) is 5.56 Å².